The van der Waals surface area contributed by atoms with E-state index in [9.17, 15) is 0 Å². The average molecular weight is 271 g/mol. The van der Waals surface area contributed by atoms with Crippen molar-refractivity contribution in [2.24, 2.45) is 0 Å². The predicted octanol–water partition coefficient (Wildman–Crippen LogP) is 5.05. The Morgan fingerprint density at radius 2 is 2.21 bits per heavy atom. The Labute approximate surface area is 119 Å². The van der Waals surface area contributed by atoms with Gasteiger partial charge in [0.25, 0.3) is 0 Å². The van der Waals surface area contributed by atoms with Crippen LogP contribution >= 0.6 is 11.3 Å². The number of thiophene rings is 1. The zero-order chi connectivity index (χ0) is 13.1. The number of fused-ring (bicyclic) bond motifs is 1. The molecule has 0 saturated heterocycles. The van der Waals surface area contributed by atoms with Gasteiger partial charge in [-0.15, -0.1) is 11.3 Å². The maximum atomic E-state index is 3.73. The maximum Gasteiger partial charge on any atom is 0.0630 e. The molecular formula is C17H21NS. The van der Waals surface area contributed by atoms with Crippen LogP contribution in [0, 0.1) is 0 Å². The highest BCUT2D eigenvalue weighted by atomic mass is 32.1. The van der Waals surface area contributed by atoms with Crippen LogP contribution in [-0.4, -0.2) is 6.54 Å². The molecule has 0 bridgehead atoms. The second kappa shape index (κ2) is 5.89. The van der Waals surface area contributed by atoms with Crippen molar-refractivity contribution < 1.29 is 0 Å². The minimum absolute atomic E-state index is 0.444. The van der Waals surface area contributed by atoms with Gasteiger partial charge in [-0.3, -0.25) is 0 Å². The van der Waals surface area contributed by atoms with E-state index in [2.05, 4.69) is 48.6 Å². The third-order valence-corrected chi connectivity index (χ3v) is 4.96. The summed E-state index contributed by atoms with van der Waals surface area (Å²) >= 11 is 1.94. The van der Waals surface area contributed by atoms with Crippen molar-refractivity contribution in [2.45, 2.75) is 38.6 Å². The molecule has 0 radical (unpaired) electrons. The molecule has 100 valence electrons. The smallest absolute Gasteiger partial charge is 0.0630 e. The Balaban J connectivity index is 1.93. The van der Waals surface area contributed by atoms with Gasteiger partial charge in [-0.1, -0.05) is 36.8 Å². The molecule has 2 aromatic rings. The number of nitrogens with one attached hydrogen (secondary N) is 1. The van der Waals surface area contributed by atoms with Gasteiger partial charge in [0.2, 0.25) is 0 Å². The van der Waals surface area contributed by atoms with Crippen LogP contribution in [0.4, 0.5) is 0 Å². The van der Waals surface area contributed by atoms with E-state index in [1.165, 1.54) is 40.6 Å². The fourth-order valence-corrected chi connectivity index (χ4v) is 3.99. The topological polar surface area (TPSA) is 12.0 Å². The van der Waals surface area contributed by atoms with Crippen LogP contribution < -0.4 is 5.32 Å². The summed E-state index contributed by atoms with van der Waals surface area (Å²) in [5.41, 5.74) is 1.60. The molecule has 1 nitrogen and oxygen atoms in total. The number of hydrogen-bond donors (Lipinski definition) is 1. The maximum absolute atomic E-state index is 3.73. The molecule has 1 N–H and O–H groups in total. The van der Waals surface area contributed by atoms with Gasteiger partial charge in [-0.05, 0) is 49.7 Å². The zero-order valence-electron chi connectivity index (χ0n) is 11.5. The molecule has 1 aromatic carbocycles. The summed E-state index contributed by atoms with van der Waals surface area (Å²) in [5, 5.41) is 5.11. The minimum Gasteiger partial charge on any atom is -0.306 e. The third-order valence-electron chi connectivity index (χ3n) is 3.77. The lowest BCUT2D eigenvalue weighted by molar-refractivity contribution is 0.586. The first-order valence-corrected chi connectivity index (χ1v) is 8.11. The predicted molar refractivity (Wildman–Crippen MR) is 84.8 cm³/mol. The first-order chi connectivity index (χ1) is 9.38. The summed E-state index contributed by atoms with van der Waals surface area (Å²) in [5.74, 6) is 0. The van der Waals surface area contributed by atoms with E-state index in [0.717, 1.165) is 6.54 Å². The van der Waals surface area contributed by atoms with Crippen LogP contribution in [-0.2, 0) is 0 Å². The second-order valence-corrected chi connectivity index (χ2v) is 6.36. The number of allylic oxidation sites excluding steroid dienone is 1. The van der Waals surface area contributed by atoms with E-state index in [-0.39, 0.29) is 0 Å². The minimum atomic E-state index is 0.444. The van der Waals surface area contributed by atoms with Gasteiger partial charge in [0.1, 0.15) is 0 Å². The van der Waals surface area contributed by atoms with Gasteiger partial charge < -0.3 is 5.32 Å². The summed E-state index contributed by atoms with van der Waals surface area (Å²) < 4.78 is 1.40. The molecule has 2 heteroatoms. The summed E-state index contributed by atoms with van der Waals surface area (Å²) in [7, 11) is 0. The van der Waals surface area contributed by atoms with Crippen LogP contribution in [0.15, 0.2) is 42.0 Å². The van der Waals surface area contributed by atoms with Crippen LogP contribution in [0.5, 0.6) is 0 Å². The molecule has 1 heterocycles. The average Bonchev–Trinajstić information content (AvgIpc) is 3.08. The van der Waals surface area contributed by atoms with Gasteiger partial charge in [0, 0.05) is 9.58 Å². The van der Waals surface area contributed by atoms with Gasteiger partial charge in [-0.25, -0.2) is 0 Å². The van der Waals surface area contributed by atoms with Crippen LogP contribution in [0.2, 0.25) is 0 Å². The third kappa shape index (κ3) is 2.75. The lowest BCUT2D eigenvalue weighted by Gasteiger charge is -2.18. The Bertz CT molecular complexity index is 549. The molecule has 1 atom stereocenters. The highest BCUT2D eigenvalue weighted by Gasteiger charge is 2.20. The van der Waals surface area contributed by atoms with E-state index in [1.54, 1.807) is 5.57 Å². The van der Waals surface area contributed by atoms with Crippen molar-refractivity contribution in [3.8, 4) is 0 Å². The Kier molecular flexibility index (Phi) is 4.00. The van der Waals surface area contributed by atoms with Gasteiger partial charge in [0.15, 0.2) is 0 Å². The van der Waals surface area contributed by atoms with E-state index in [1.807, 2.05) is 11.3 Å². The Morgan fingerprint density at radius 1 is 1.32 bits per heavy atom. The van der Waals surface area contributed by atoms with E-state index < -0.39 is 0 Å². The monoisotopic (exact) mass is 271 g/mol. The molecule has 0 spiro atoms. The highest BCUT2D eigenvalue weighted by Crippen LogP contribution is 2.36. The molecule has 0 fully saturated rings. The molecule has 3 rings (SSSR count). The molecule has 1 aliphatic carbocycles. The van der Waals surface area contributed by atoms with Crippen LogP contribution in [0.25, 0.3) is 10.1 Å². The van der Waals surface area contributed by atoms with E-state index in [4.69, 9.17) is 0 Å². The van der Waals surface area contributed by atoms with Gasteiger partial charge in [0.05, 0.1) is 6.04 Å². The van der Waals surface area contributed by atoms with Gasteiger partial charge >= 0.3 is 0 Å². The molecule has 1 aromatic heterocycles. The molecule has 0 saturated carbocycles. The molecule has 0 aliphatic heterocycles. The summed E-state index contributed by atoms with van der Waals surface area (Å²) in [6.45, 7) is 3.33. The quantitative estimate of drug-likeness (QED) is 0.750. The van der Waals surface area contributed by atoms with E-state index >= 15 is 0 Å². The fourth-order valence-electron chi connectivity index (χ4n) is 2.81. The number of hydrogen-bond acceptors (Lipinski definition) is 2. The molecule has 0 amide bonds. The largest absolute Gasteiger partial charge is 0.306 e. The van der Waals surface area contributed by atoms with Crippen LogP contribution in [0.1, 0.15) is 43.5 Å². The summed E-state index contributed by atoms with van der Waals surface area (Å²) in [4.78, 5) is 1.47. The Morgan fingerprint density at radius 3 is 2.95 bits per heavy atom. The normalized spacial score (nSPS) is 16.8. The molecular weight excluding hydrogens is 250 g/mol. The number of benzene rings is 1. The lowest BCUT2D eigenvalue weighted by Crippen LogP contribution is -2.22. The van der Waals surface area contributed by atoms with Crippen molar-refractivity contribution in [3.63, 3.8) is 0 Å². The molecule has 1 unspecified atom stereocenters. The van der Waals surface area contributed by atoms with E-state index in [0.29, 0.717) is 6.04 Å². The molecule has 19 heavy (non-hydrogen) atoms. The SMILES string of the molecule is CCCNC(C1=CCCC1)c1cc2ccccc2s1. The van der Waals surface area contributed by atoms with Gasteiger partial charge in [-0.2, -0.15) is 0 Å². The lowest BCUT2D eigenvalue weighted by atomic mass is 10.0. The van der Waals surface area contributed by atoms with Crippen LogP contribution in [0.3, 0.4) is 0 Å². The van der Waals surface area contributed by atoms with Crippen molar-refractivity contribution in [1.82, 2.24) is 5.32 Å². The fraction of sp³-hybridized carbons (Fsp3) is 0.412. The first-order valence-electron chi connectivity index (χ1n) is 7.29. The molecule has 1 aliphatic rings. The van der Waals surface area contributed by atoms with Crippen molar-refractivity contribution in [2.75, 3.05) is 6.54 Å². The standard InChI is InChI=1S/C17H21NS/c1-2-11-18-17(13-7-3-4-8-13)16-12-14-9-5-6-10-15(14)19-16/h5-7,9-10,12,17-18H,2-4,8,11H2,1H3. The second-order valence-electron chi connectivity index (χ2n) is 5.24. The first kappa shape index (κ1) is 12.9. The zero-order valence-corrected chi connectivity index (χ0v) is 12.3. The number of rotatable bonds is 5. The Hall–Kier alpha value is -1.12. The van der Waals surface area contributed by atoms with Crippen molar-refractivity contribution >= 4 is 21.4 Å². The van der Waals surface area contributed by atoms with Crippen molar-refractivity contribution in [1.29, 1.82) is 0 Å². The summed E-state index contributed by atoms with van der Waals surface area (Å²) in [6, 6.07) is 11.5. The van der Waals surface area contributed by atoms with Crippen molar-refractivity contribution in [3.05, 3.63) is 46.9 Å². The summed E-state index contributed by atoms with van der Waals surface area (Å²) in [6.07, 6.45) is 7.47. The highest BCUT2D eigenvalue weighted by molar-refractivity contribution is 7.19.